The SMILES string of the molecule is CC1(C)CC1C=Cc1ccc(Cl)cc1. The van der Waals surface area contributed by atoms with Crippen molar-refractivity contribution in [3.05, 3.63) is 40.9 Å². The van der Waals surface area contributed by atoms with Crippen LogP contribution in [-0.2, 0) is 0 Å². The second-order valence-electron chi connectivity index (χ2n) is 4.71. The van der Waals surface area contributed by atoms with Gasteiger partial charge in [-0.15, -0.1) is 0 Å². The first-order valence-corrected chi connectivity index (χ1v) is 5.39. The minimum absolute atomic E-state index is 0.531. The van der Waals surface area contributed by atoms with Crippen LogP contribution in [0.15, 0.2) is 30.3 Å². The van der Waals surface area contributed by atoms with Gasteiger partial charge in [0.2, 0.25) is 0 Å². The van der Waals surface area contributed by atoms with E-state index in [0.717, 1.165) is 10.9 Å². The van der Waals surface area contributed by atoms with Crippen molar-refractivity contribution in [3.8, 4) is 0 Å². The van der Waals surface area contributed by atoms with Crippen LogP contribution in [0.2, 0.25) is 5.02 Å². The van der Waals surface area contributed by atoms with Crippen LogP contribution < -0.4 is 0 Å². The van der Waals surface area contributed by atoms with E-state index in [9.17, 15) is 0 Å². The van der Waals surface area contributed by atoms with Crippen molar-refractivity contribution < 1.29 is 0 Å². The van der Waals surface area contributed by atoms with Gasteiger partial charge in [-0.3, -0.25) is 0 Å². The quantitative estimate of drug-likeness (QED) is 0.673. The molecule has 74 valence electrons. The number of halogens is 1. The molecule has 1 heteroatoms. The fourth-order valence-electron chi connectivity index (χ4n) is 1.64. The molecule has 0 radical (unpaired) electrons. The molecule has 1 aromatic rings. The molecule has 0 nitrogen and oxygen atoms in total. The van der Waals surface area contributed by atoms with E-state index in [-0.39, 0.29) is 0 Å². The van der Waals surface area contributed by atoms with Crippen molar-refractivity contribution in [1.29, 1.82) is 0 Å². The first kappa shape index (κ1) is 9.79. The largest absolute Gasteiger partial charge is 0.0843 e. The van der Waals surface area contributed by atoms with Crippen molar-refractivity contribution in [1.82, 2.24) is 0 Å². The predicted octanol–water partition coefficient (Wildman–Crippen LogP) is 4.40. The monoisotopic (exact) mass is 206 g/mol. The summed E-state index contributed by atoms with van der Waals surface area (Å²) in [5.74, 6) is 0.762. The summed E-state index contributed by atoms with van der Waals surface area (Å²) in [5.41, 5.74) is 1.76. The molecule has 1 unspecified atom stereocenters. The van der Waals surface area contributed by atoms with Gasteiger partial charge in [-0.25, -0.2) is 0 Å². The van der Waals surface area contributed by atoms with Gasteiger partial charge in [0, 0.05) is 5.02 Å². The Labute approximate surface area is 90.6 Å². The molecular formula is C13H15Cl. The Bertz CT molecular complexity index is 346. The number of benzene rings is 1. The number of allylic oxidation sites excluding steroid dienone is 1. The fourth-order valence-corrected chi connectivity index (χ4v) is 1.76. The molecule has 0 bridgehead atoms. The average molecular weight is 207 g/mol. The molecule has 1 aliphatic rings. The summed E-state index contributed by atoms with van der Waals surface area (Å²) < 4.78 is 0. The molecule has 1 aromatic carbocycles. The molecule has 2 rings (SSSR count). The highest BCUT2D eigenvalue weighted by molar-refractivity contribution is 6.30. The summed E-state index contributed by atoms with van der Waals surface area (Å²) in [7, 11) is 0. The molecule has 0 amide bonds. The molecule has 14 heavy (non-hydrogen) atoms. The van der Waals surface area contributed by atoms with Gasteiger partial charge in [-0.1, -0.05) is 49.7 Å². The third kappa shape index (κ3) is 2.19. The van der Waals surface area contributed by atoms with Gasteiger partial charge in [0.15, 0.2) is 0 Å². The van der Waals surface area contributed by atoms with Gasteiger partial charge >= 0.3 is 0 Å². The van der Waals surface area contributed by atoms with Crippen molar-refractivity contribution in [2.45, 2.75) is 20.3 Å². The van der Waals surface area contributed by atoms with Gasteiger partial charge < -0.3 is 0 Å². The highest BCUT2D eigenvalue weighted by atomic mass is 35.5. The highest BCUT2D eigenvalue weighted by Gasteiger charge is 2.43. The topological polar surface area (TPSA) is 0 Å². The lowest BCUT2D eigenvalue weighted by Gasteiger charge is -1.97. The predicted molar refractivity (Wildman–Crippen MR) is 62.4 cm³/mol. The van der Waals surface area contributed by atoms with Crippen LogP contribution in [0.4, 0.5) is 0 Å². The Hall–Kier alpha value is -0.750. The standard InChI is InChI=1S/C13H15Cl/c1-13(2)9-11(13)6-3-10-4-7-12(14)8-5-10/h3-8,11H,9H2,1-2H3. The molecule has 1 fully saturated rings. The van der Waals surface area contributed by atoms with Crippen LogP contribution in [0.5, 0.6) is 0 Å². The van der Waals surface area contributed by atoms with Crippen molar-refractivity contribution >= 4 is 17.7 Å². The summed E-state index contributed by atoms with van der Waals surface area (Å²) in [4.78, 5) is 0. The number of rotatable bonds is 2. The van der Waals surface area contributed by atoms with Crippen LogP contribution in [0, 0.1) is 11.3 Å². The van der Waals surface area contributed by atoms with E-state index in [1.54, 1.807) is 0 Å². The van der Waals surface area contributed by atoms with Crippen LogP contribution >= 0.6 is 11.6 Å². The van der Waals surface area contributed by atoms with Crippen molar-refractivity contribution in [2.75, 3.05) is 0 Å². The van der Waals surface area contributed by atoms with E-state index in [0.29, 0.717) is 5.41 Å². The highest BCUT2D eigenvalue weighted by Crippen LogP contribution is 2.52. The van der Waals surface area contributed by atoms with Gasteiger partial charge in [0.25, 0.3) is 0 Å². The summed E-state index contributed by atoms with van der Waals surface area (Å²) in [5, 5.41) is 0.800. The molecular weight excluding hydrogens is 192 g/mol. The third-order valence-electron chi connectivity index (χ3n) is 2.98. The van der Waals surface area contributed by atoms with Gasteiger partial charge in [0.1, 0.15) is 0 Å². The zero-order chi connectivity index (χ0) is 10.2. The second kappa shape index (κ2) is 3.43. The van der Waals surface area contributed by atoms with Crippen LogP contribution in [-0.4, -0.2) is 0 Å². The Kier molecular flexibility index (Phi) is 2.40. The van der Waals surface area contributed by atoms with E-state index < -0.39 is 0 Å². The van der Waals surface area contributed by atoms with E-state index in [1.807, 2.05) is 24.3 Å². The minimum atomic E-state index is 0.531. The van der Waals surface area contributed by atoms with Crippen LogP contribution in [0.25, 0.3) is 6.08 Å². The number of hydrogen-bond donors (Lipinski definition) is 0. The lowest BCUT2D eigenvalue weighted by Crippen LogP contribution is -1.85. The van der Waals surface area contributed by atoms with E-state index in [4.69, 9.17) is 11.6 Å². The minimum Gasteiger partial charge on any atom is -0.0843 e. The Morgan fingerprint density at radius 1 is 1.29 bits per heavy atom. The molecule has 0 aliphatic heterocycles. The van der Waals surface area contributed by atoms with Crippen molar-refractivity contribution in [3.63, 3.8) is 0 Å². The Balaban J connectivity index is 2.01. The van der Waals surface area contributed by atoms with Gasteiger partial charge in [-0.2, -0.15) is 0 Å². The maximum Gasteiger partial charge on any atom is 0.0406 e. The molecule has 1 saturated carbocycles. The Morgan fingerprint density at radius 3 is 2.36 bits per heavy atom. The second-order valence-corrected chi connectivity index (χ2v) is 5.15. The first-order valence-electron chi connectivity index (χ1n) is 5.02. The van der Waals surface area contributed by atoms with E-state index in [2.05, 4.69) is 26.0 Å². The molecule has 0 spiro atoms. The maximum absolute atomic E-state index is 5.81. The fraction of sp³-hybridized carbons (Fsp3) is 0.385. The van der Waals surface area contributed by atoms with Crippen LogP contribution in [0.1, 0.15) is 25.8 Å². The molecule has 1 aliphatic carbocycles. The maximum atomic E-state index is 5.81. The lowest BCUT2D eigenvalue weighted by molar-refractivity contribution is 0.611. The Morgan fingerprint density at radius 2 is 1.86 bits per heavy atom. The normalized spacial score (nSPS) is 24.1. The molecule has 0 heterocycles. The summed E-state index contributed by atoms with van der Waals surface area (Å²) >= 11 is 5.81. The van der Waals surface area contributed by atoms with Gasteiger partial charge in [-0.05, 0) is 35.4 Å². The zero-order valence-electron chi connectivity index (χ0n) is 8.63. The molecule has 0 aromatic heterocycles. The molecule has 0 N–H and O–H groups in total. The third-order valence-corrected chi connectivity index (χ3v) is 3.23. The van der Waals surface area contributed by atoms with Crippen molar-refractivity contribution in [2.24, 2.45) is 11.3 Å². The first-order chi connectivity index (χ1) is 6.58. The smallest absolute Gasteiger partial charge is 0.0406 e. The van der Waals surface area contributed by atoms with E-state index >= 15 is 0 Å². The number of hydrogen-bond acceptors (Lipinski definition) is 0. The molecule has 1 atom stereocenters. The summed E-state index contributed by atoms with van der Waals surface area (Å²) in [6.45, 7) is 4.62. The van der Waals surface area contributed by atoms with Gasteiger partial charge in [0.05, 0.1) is 0 Å². The summed E-state index contributed by atoms with van der Waals surface area (Å²) in [6, 6.07) is 7.96. The average Bonchev–Trinajstić information content (AvgIpc) is 2.73. The zero-order valence-corrected chi connectivity index (χ0v) is 9.38. The molecule has 0 saturated heterocycles. The summed E-state index contributed by atoms with van der Waals surface area (Å²) in [6.07, 6.45) is 5.82. The van der Waals surface area contributed by atoms with Crippen LogP contribution in [0.3, 0.4) is 0 Å². The lowest BCUT2D eigenvalue weighted by atomic mass is 10.1. The van der Waals surface area contributed by atoms with E-state index in [1.165, 1.54) is 12.0 Å².